The van der Waals surface area contributed by atoms with Crippen LogP contribution >= 0.6 is 11.3 Å². The van der Waals surface area contributed by atoms with Gasteiger partial charge in [0.25, 0.3) is 0 Å². The number of aromatic amines is 1. The van der Waals surface area contributed by atoms with Crippen molar-refractivity contribution in [3.05, 3.63) is 46.9 Å². The average molecular weight is 332 g/mol. The number of hydrogen-bond donors (Lipinski definition) is 3. The van der Waals surface area contributed by atoms with Crippen molar-refractivity contribution in [3.8, 4) is 11.3 Å². The van der Waals surface area contributed by atoms with Crippen LogP contribution in [0.3, 0.4) is 0 Å². The molecule has 2 heterocycles. The van der Waals surface area contributed by atoms with E-state index in [-0.39, 0.29) is 5.82 Å². The minimum absolute atomic E-state index is 0.245. The summed E-state index contributed by atoms with van der Waals surface area (Å²) in [7, 11) is 0. The van der Waals surface area contributed by atoms with Gasteiger partial charge in [-0.1, -0.05) is 11.3 Å². The maximum absolute atomic E-state index is 13.0. The molecule has 0 saturated heterocycles. The van der Waals surface area contributed by atoms with Gasteiger partial charge in [-0.05, 0) is 37.2 Å². The molecule has 0 aliphatic heterocycles. The van der Waals surface area contributed by atoms with Gasteiger partial charge < -0.3 is 11.1 Å². The van der Waals surface area contributed by atoms with Crippen LogP contribution in [0, 0.1) is 5.82 Å². The fourth-order valence-electron chi connectivity index (χ4n) is 2.27. The summed E-state index contributed by atoms with van der Waals surface area (Å²) in [6.07, 6.45) is 3.60. The number of H-pyrrole nitrogens is 1. The van der Waals surface area contributed by atoms with E-state index in [0.717, 1.165) is 41.2 Å². The van der Waals surface area contributed by atoms with Crippen molar-refractivity contribution in [2.45, 2.75) is 19.4 Å². The number of rotatable bonds is 7. The van der Waals surface area contributed by atoms with Crippen molar-refractivity contribution in [2.24, 2.45) is 0 Å². The molecule has 0 unspecified atom stereocenters. The molecule has 0 bridgehead atoms. The summed E-state index contributed by atoms with van der Waals surface area (Å²) in [4.78, 5) is 0. The first-order valence-electron chi connectivity index (χ1n) is 7.29. The molecule has 0 fully saturated rings. The molecule has 1 aromatic carbocycles. The van der Waals surface area contributed by atoms with E-state index in [1.165, 1.54) is 23.5 Å². The molecular formula is C15H17FN6S. The van der Waals surface area contributed by atoms with Crippen LogP contribution in [0.4, 0.5) is 9.52 Å². The number of nitrogen functional groups attached to an aromatic ring is 1. The summed E-state index contributed by atoms with van der Waals surface area (Å²) in [6.45, 7) is 1.55. The fourth-order valence-corrected chi connectivity index (χ4v) is 2.92. The summed E-state index contributed by atoms with van der Waals surface area (Å²) in [5.74, 6) is -0.245. The Labute approximate surface area is 137 Å². The maximum atomic E-state index is 13.0. The molecule has 23 heavy (non-hydrogen) atoms. The molecule has 3 rings (SSSR count). The number of halogens is 1. The maximum Gasteiger partial charge on any atom is 0.203 e. The van der Waals surface area contributed by atoms with E-state index < -0.39 is 0 Å². The summed E-state index contributed by atoms with van der Waals surface area (Å²) >= 11 is 1.43. The molecule has 0 amide bonds. The zero-order valence-corrected chi connectivity index (χ0v) is 13.2. The standard InChI is InChI=1S/C15H17FN6S/c16-12-5-3-10(4-6-12)14-11(9-19-21-14)8-18-7-1-2-13-20-22-15(17)23-13/h3-6,9,18H,1-2,7-8H2,(H2,17,22)(H,19,21). The Morgan fingerprint density at radius 3 is 2.78 bits per heavy atom. The molecular weight excluding hydrogens is 315 g/mol. The molecule has 0 radical (unpaired) electrons. The van der Waals surface area contributed by atoms with E-state index in [4.69, 9.17) is 5.73 Å². The summed E-state index contributed by atoms with van der Waals surface area (Å²) in [5, 5.41) is 19.7. The highest BCUT2D eigenvalue weighted by atomic mass is 32.1. The molecule has 0 aliphatic carbocycles. The Hall–Kier alpha value is -2.32. The molecule has 0 atom stereocenters. The SMILES string of the molecule is Nc1nnc(CCCNCc2cn[nH]c2-c2ccc(F)cc2)s1. The van der Waals surface area contributed by atoms with Gasteiger partial charge in [0.1, 0.15) is 10.8 Å². The lowest BCUT2D eigenvalue weighted by molar-refractivity contribution is 0.628. The van der Waals surface area contributed by atoms with Gasteiger partial charge in [0.05, 0.1) is 11.9 Å². The minimum atomic E-state index is -0.245. The van der Waals surface area contributed by atoms with Crippen molar-refractivity contribution in [3.63, 3.8) is 0 Å². The van der Waals surface area contributed by atoms with Crippen LogP contribution in [0.1, 0.15) is 17.0 Å². The number of benzene rings is 1. The fraction of sp³-hybridized carbons (Fsp3) is 0.267. The van der Waals surface area contributed by atoms with Gasteiger partial charge in [-0.15, -0.1) is 10.2 Å². The van der Waals surface area contributed by atoms with E-state index in [0.29, 0.717) is 11.7 Å². The second kappa shape index (κ2) is 7.30. The highest BCUT2D eigenvalue weighted by Gasteiger charge is 2.07. The second-order valence-corrected chi connectivity index (χ2v) is 6.19. The molecule has 3 aromatic rings. The molecule has 4 N–H and O–H groups in total. The lowest BCUT2D eigenvalue weighted by Crippen LogP contribution is -2.15. The van der Waals surface area contributed by atoms with Gasteiger partial charge >= 0.3 is 0 Å². The van der Waals surface area contributed by atoms with E-state index >= 15 is 0 Å². The normalized spacial score (nSPS) is 11.0. The first-order valence-corrected chi connectivity index (χ1v) is 8.11. The van der Waals surface area contributed by atoms with Gasteiger partial charge in [0.15, 0.2) is 0 Å². The van der Waals surface area contributed by atoms with Crippen molar-refractivity contribution >= 4 is 16.5 Å². The zero-order chi connectivity index (χ0) is 16.1. The number of aromatic nitrogens is 4. The first-order chi connectivity index (χ1) is 11.2. The molecule has 2 aromatic heterocycles. The van der Waals surface area contributed by atoms with Gasteiger partial charge in [-0.2, -0.15) is 5.10 Å². The predicted molar refractivity (Wildman–Crippen MR) is 88.3 cm³/mol. The van der Waals surface area contributed by atoms with Crippen LogP contribution in [0.25, 0.3) is 11.3 Å². The van der Waals surface area contributed by atoms with E-state index in [9.17, 15) is 4.39 Å². The topological polar surface area (TPSA) is 92.5 Å². The molecule has 6 nitrogen and oxygen atoms in total. The van der Waals surface area contributed by atoms with Crippen LogP contribution in [-0.2, 0) is 13.0 Å². The Morgan fingerprint density at radius 2 is 2.04 bits per heavy atom. The highest BCUT2D eigenvalue weighted by molar-refractivity contribution is 7.15. The van der Waals surface area contributed by atoms with Gasteiger partial charge in [0, 0.05) is 24.1 Å². The smallest absolute Gasteiger partial charge is 0.203 e. The third kappa shape index (κ3) is 4.11. The Bertz CT molecular complexity index is 751. The quantitative estimate of drug-likeness (QED) is 0.578. The number of aryl methyl sites for hydroxylation is 1. The monoisotopic (exact) mass is 332 g/mol. The third-order valence-corrected chi connectivity index (χ3v) is 4.21. The van der Waals surface area contributed by atoms with Crippen molar-refractivity contribution in [2.75, 3.05) is 12.3 Å². The predicted octanol–water partition coefficient (Wildman–Crippen LogP) is 2.37. The lowest BCUT2D eigenvalue weighted by Gasteiger charge is -2.05. The molecule has 0 spiro atoms. The lowest BCUT2D eigenvalue weighted by atomic mass is 10.1. The van der Waals surface area contributed by atoms with Crippen molar-refractivity contribution in [1.29, 1.82) is 0 Å². The van der Waals surface area contributed by atoms with Crippen LogP contribution < -0.4 is 11.1 Å². The Balaban J connectivity index is 1.49. The van der Waals surface area contributed by atoms with Crippen LogP contribution in [0.15, 0.2) is 30.5 Å². The third-order valence-electron chi connectivity index (χ3n) is 3.39. The Morgan fingerprint density at radius 1 is 1.22 bits per heavy atom. The van der Waals surface area contributed by atoms with Crippen molar-refractivity contribution < 1.29 is 4.39 Å². The molecule has 8 heteroatoms. The van der Waals surface area contributed by atoms with Crippen LogP contribution in [-0.4, -0.2) is 26.9 Å². The number of nitrogens with one attached hydrogen (secondary N) is 2. The molecule has 0 saturated carbocycles. The number of nitrogens with two attached hydrogens (primary N) is 1. The number of anilines is 1. The summed E-state index contributed by atoms with van der Waals surface area (Å²) < 4.78 is 13.0. The van der Waals surface area contributed by atoms with Crippen LogP contribution in [0.2, 0.25) is 0 Å². The zero-order valence-electron chi connectivity index (χ0n) is 12.4. The van der Waals surface area contributed by atoms with E-state index in [1.807, 2.05) is 0 Å². The summed E-state index contributed by atoms with van der Waals surface area (Å²) in [6, 6.07) is 6.38. The van der Waals surface area contributed by atoms with E-state index in [1.54, 1.807) is 18.3 Å². The molecule has 120 valence electrons. The van der Waals surface area contributed by atoms with Crippen LogP contribution in [0.5, 0.6) is 0 Å². The van der Waals surface area contributed by atoms with Gasteiger partial charge in [-0.25, -0.2) is 4.39 Å². The largest absolute Gasteiger partial charge is 0.374 e. The van der Waals surface area contributed by atoms with Gasteiger partial charge in [-0.3, -0.25) is 5.10 Å². The highest BCUT2D eigenvalue weighted by Crippen LogP contribution is 2.21. The van der Waals surface area contributed by atoms with Crippen molar-refractivity contribution in [1.82, 2.24) is 25.7 Å². The summed E-state index contributed by atoms with van der Waals surface area (Å²) in [5.41, 5.74) is 8.44. The first kappa shape index (κ1) is 15.6. The van der Waals surface area contributed by atoms with E-state index in [2.05, 4.69) is 25.7 Å². The van der Waals surface area contributed by atoms with Gasteiger partial charge in [0.2, 0.25) is 5.13 Å². The number of hydrogen-bond acceptors (Lipinski definition) is 6. The Kier molecular flexibility index (Phi) is 4.94. The second-order valence-electron chi connectivity index (χ2n) is 5.09. The number of nitrogens with zero attached hydrogens (tertiary/aromatic N) is 3. The average Bonchev–Trinajstić information content (AvgIpc) is 3.17. The minimum Gasteiger partial charge on any atom is -0.374 e. The molecule has 0 aliphatic rings.